The van der Waals surface area contributed by atoms with E-state index in [0.29, 0.717) is 0 Å². The van der Waals surface area contributed by atoms with Crippen LogP contribution in [-0.2, 0) is 9.13 Å². The van der Waals surface area contributed by atoms with Crippen LogP contribution in [0.4, 0.5) is 0 Å². The summed E-state index contributed by atoms with van der Waals surface area (Å²) in [6.45, 7) is -0.153. The summed E-state index contributed by atoms with van der Waals surface area (Å²) in [7, 11) is -1.67. The average molecular weight is 184 g/mol. The van der Waals surface area contributed by atoms with Crippen LogP contribution in [0.5, 0.6) is 0 Å². The van der Waals surface area contributed by atoms with Gasteiger partial charge in [-0.25, -0.2) is 9.13 Å². The third-order valence-corrected chi connectivity index (χ3v) is 0.0913. The normalized spacial score (nSPS) is 6.20. The van der Waals surface area contributed by atoms with Gasteiger partial charge in [0.15, 0.2) is 0 Å². The summed E-state index contributed by atoms with van der Waals surface area (Å²) >= 11 is 0. The molecule has 0 aliphatic heterocycles. The highest BCUT2D eigenvalue weighted by Crippen LogP contribution is 1.66. The van der Waals surface area contributed by atoms with E-state index in [9.17, 15) is 0 Å². The van der Waals surface area contributed by atoms with E-state index in [0.717, 1.165) is 0 Å². The highest BCUT2D eigenvalue weighted by Gasteiger charge is 1.43. The van der Waals surface area contributed by atoms with Crippen molar-refractivity contribution in [2.24, 2.45) is 0 Å². The van der Waals surface area contributed by atoms with Gasteiger partial charge in [-0.2, -0.15) is 0 Å². The lowest BCUT2D eigenvalue weighted by atomic mass is 10.8. The van der Waals surface area contributed by atoms with Gasteiger partial charge in [-0.1, -0.05) is 5.92 Å². The Morgan fingerprint density at radius 1 is 1.30 bits per heavy atom. The molecule has 0 rings (SSSR count). The number of aliphatic hydroxyl groups excluding tert-OH is 1. The van der Waals surface area contributed by atoms with Gasteiger partial charge in [0.1, 0.15) is 6.61 Å². The molecule has 58 valence electrons. The fourth-order valence-corrected chi connectivity index (χ4v) is 0. The molecule has 0 aliphatic rings. The van der Waals surface area contributed by atoms with E-state index in [1.165, 1.54) is 0 Å². The number of rotatable bonds is 0. The molecule has 0 radical (unpaired) electrons. The lowest BCUT2D eigenvalue weighted by Gasteiger charge is -1.55. The van der Waals surface area contributed by atoms with Crippen LogP contribution < -0.4 is 0 Å². The van der Waals surface area contributed by atoms with Crippen LogP contribution in [0.2, 0.25) is 0 Å². The highest BCUT2D eigenvalue weighted by atomic mass is 31.1. The number of hydrogen-bond donors (Lipinski definition) is 3. The van der Waals surface area contributed by atoms with Gasteiger partial charge in [0.05, 0.1) is 0 Å². The first-order valence-corrected chi connectivity index (χ1v) is 3.25. The molecule has 10 heavy (non-hydrogen) atoms. The molecule has 0 saturated carbocycles. The molecule has 0 aliphatic carbocycles. The van der Waals surface area contributed by atoms with E-state index in [1.807, 2.05) is 5.92 Å². The maximum Gasteiger partial charge on any atom is 0.324 e. The molecular formula is C3H6O5P2. The Kier molecular flexibility index (Phi) is 62.1. The summed E-state index contributed by atoms with van der Waals surface area (Å²) in [4.78, 5) is 14.0. The minimum Gasteiger partial charge on any atom is -0.384 e. The van der Waals surface area contributed by atoms with Crippen molar-refractivity contribution in [3.8, 4) is 12.3 Å². The molecular weight excluding hydrogens is 178 g/mol. The van der Waals surface area contributed by atoms with Crippen molar-refractivity contribution >= 4 is 17.4 Å². The SMILES string of the molecule is C#CCO.O=PO.O=PO. The minimum atomic E-state index is -0.833. The van der Waals surface area contributed by atoms with Gasteiger partial charge in [0, 0.05) is 0 Å². The Labute approximate surface area is 61.3 Å². The Balaban J connectivity index is -0.0000000750. The van der Waals surface area contributed by atoms with Crippen molar-refractivity contribution in [1.82, 2.24) is 0 Å². The number of hydrogen-bond acceptors (Lipinski definition) is 3. The fraction of sp³-hybridized carbons (Fsp3) is 0.333. The van der Waals surface area contributed by atoms with Crippen molar-refractivity contribution in [3.05, 3.63) is 0 Å². The van der Waals surface area contributed by atoms with E-state index in [4.69, 9.17) is 24.0 Å². The smallest absolute Gasteiger partial charge is 0.324 e. The summed E-state index contributed by atoms with van der Waals surface area (Å²) in [5.41, 5.74) is 0. The zero-order valence-corrected chi connectivity index (χ0v) is 6.63. The van der Waals surface area contributed by atoms with Crippen molar-refractivity contribution in [2.75, 3.05) is 6.61 Å². The van der Waals surface area contributed by atoms with Gasteiger partial charge in [-0.15, -0.1) is 6.42 Å². The molecule has 0 unspecified atom stereocenters. The first kappa shape index (κ1) is 16.3. The third kappa shape index (κ3) is 822. The lowest BCUT2D eigenvalue weighted by Crippen LogP contribution is -1.64. The molecule has 0 aromatic heterocycles. The summed E-state index contributed by atoms with van der Waals surface area (Å²) in [6, 6.07) is 0. The number of aliphatic hydroxyl groups is 1. The second-order valence-electron chi connectivity index (χ2n) is 0.526. The standard InChI is InChI=1S/C3H4O.2HO2P/c1-2-3-4;2*1-3-2/h1,4H,3H2;2*(H,1,2). The third-order valence-electron chi connectivity index (χ3n) is 0.0913. The first-order chi connectivity index (χ1) is 4.74. The van der Waals surface area contributed by atoms with E-state index in [-0.39, 0.29) is 6.61 Å². The van der Waals surface area contributed by atoms with Gasteiger partial charge in [0.2, 0.25) is 0 Å². The van der Waals surface area contributed by atoms with E-state index in [2.05, 4.69) is 6.42 Å². The van der Waals surface area contributed by atoms with Gasteiger partial charge in [0.25, 0.3) is 0 Å². The Morgan fingerprint density at radius 3 is 1.40 bits per heavy atom. The van der Waals surface area contributed by atoms with E-state index in [1.54, 1.807) is 0 Å². The minimum absolute atomic E-state index is 0.153. The zero-order chi connectivity index (χ0) is 8.83. The lowest BCUT2D eigenvalue weighted by molar-refractivity contribution is 0.351. The van der Waals surface area contributed by atoms with Crippen LogP contribution in [0.15, 0.2) is 0 Å². The maximum atomic E-state index is 8.46. The Hall–Kier alpha value is -0.360. The second kappa shape index (κ2) is 38.1. The molecule has 0 amide bonds. The van der Waals surface area contributed by atoms with Crippen LogP contribution in [0, 0.1) is 12.3 Å². The van der Waals surface area contributed by atoms with E-state index < -0.39 is 17.4 Å². The van der Waals surface area contributed by atoms with E-state index >= 15 is 0 Å². The van der Waals surface area contributed by atoms with Gasteiger partial charge in [-0.3, -0.25) is 0 Å². The van der Waals surface area contributed by atoms with Crippen molar-refractivity contribution in [3.63, 3.8) is 0 Å². The first-order valence-electron chi connectivity index (χ1n) is 1.72. The largest absolute Gasteiger partial charge is 0.384 e. The molecule has 0 atom stereocenters. The van der Waals surface area contributed by atoms with Crippen LogP contribution in [-0.4, -0.2) is 21.5 Å². The monoisotopic (exact) mass is 184 g/mol. The molecule has 5 nitrogen and oxygen atoms in total. The van der Waals surface area contributed by atoms with Crippen molar-refractivity contribution in [2.45, 2.75) is 0 Å². The molecule has 0 fully saturated rings. The van der Waals surface area contributed by atoms with Crippen LogP contribution >= 0.6 is 17.4 Å². The van der Waals surface area contributed by atoms with Crippen LogP contribution in [0.3, 0.4) is 0 Å². The van der Waals surface area contributed by atoms with Crippen molar-refractivity contribution in [1.29, 1.82) is 0 Å². The Morgan fingerprint density at radius 2 is 1.40 bits per heavy atom. The number of terminal acetylenes is 1. The predicted molar refractivity (Wildman–Crippen MR) is 35.6 cm³/mol. The molecule has 0 aromatic carbocycles. The summed E-state index contributed by atoms with van der Waals surface area (Å²) < 4.78 is 16.9. The molecule has 0 heterocycles. The predicted octanol–water partition coefficient (Wildman–Crippen LogP) is -0.0173. The van der Waals surface area contributed by atoms with Crippen LogP contribution in [0.25, 0.3) is 0 Å². The van der Waals surface area contributed by atoms with Crippen LogP contribution in [0.1, 0.15) is 0 Å². The molecule has 3 N–H and O–H groups in total. The fourth-order valence-electron chi connectivity index (χ4n) is 0. The second-order valence-corrected chi connectivity index (χ2v) is 0.852. The summed E-state index contributed by atoms with van der Waals surface area (Å²) in [6.07, 6.45) is 4.53. The van der Waals surface area contributed by atoms with Crippen molar-refractivity contribution < 1.29 is 24.0 Å². The van der Waals surface area contributed by atoms with Gasteiger partial charge in [-0.05, 0) is 0 Å². The molecule has 7 heteroatoms. The summed E-state index contributed by atoms with van der Waals surface area (Å²) in [5, 5.41) is 7.64. The zero-order valence-electron chi connectivity index (χ0n) is 4.84. The molecule has 0 bridgehead atoms. The average Bonchev–Trinajstić information content (AvgIpc) is 1.91. The van der Waals surface area contributed by atoms with Gasteiger partial charge >= 0.3 is 17.4 Å². The highest BCUT2D eigenvalue weighted by molar-refractivity contribution is 7.16. The Bertz CT molecular complexity index is 91.6. The maximum absolute atomic E-state index is 8.46. The van der Waals surface area contributed by atoms with Gasteiger partial charge < -0.3 is 14.9 Å². The molecule has 0 aromatic rings. The molecule has 0 saturated heterocycles. The molecule has 0 spiro atoms. The quantitative estimate of drug-likeness (QED) is 0.363. The topological polar surface area (TPSA) is 94.8 Å². The summed E-state index contributed by atoms with van der Waals surface area (Å²) in [5.74, 6) is 1.99.